The van der Waals surface area contributed by atoms with Crippen molar-refractivity contribution in [2.75, 3.05) is 26.2 Å². The number of nitrogens with two attached hydrogens (primary N) is 1. The molecule has 0 bridgehead atoms. The normalized spacial score (nSPS) is 18.0. The number of urea groups is 1. The number of rotatable bonds is 11. The predicted octanol–water partition coefficient (Wildman–Crippen LogP) is 0.0418. The van der Waals surface area contributed by atoms with E-state index in [4.69, 9.17) is 11.1 Å². The first-order valence-electron chi connectivity index (χ1n) is 12.2. The molecule has 12 nitrogen and oxygen atoms in total. The second kappa shape index (κ2) is 12.8. The maximum Gasteiger partial charge on any atom is 0.323 e. The summed E-state index contributed by atoms with van der Waals surface area (Å²) >= 11 is 0. The van der Waals surface area contributed by atoms with E-state index in [1.165, 1.54) is 4.90 Å². The van der Waals surface area contributed by atoms with Gasteiger partial charge < -0.3 is 36.6 Å². The molecule has 0 radical (unpaired) electrons. The van der Waals surface area contributed by atoms with E-state index in [-0.39, 0.29) is 30.9 Å². The van der Waals surface area contributed by atoms with Crippen LogP contribution in [0.3, 0.4) is 0 Å². The molecule has 1 saturated carbocycles. The van der Waals surface area contributed by atoms with Gasteiger partial charge in [0.05, 0.1) is 6.42 Å². The van der Waals surface area contributed by atoms with Crippen LogP contribution in [-0.4, -0.2) is 82.9 Å². The highest BCUT2D eigenvalue weighted by molar-refractivity contribution is 5.93. The number of nitrogens with one attached hydrogen (secondary N) is 4. The van der Waals surface area contributed by atoms with Crippen molar-refractivity contribution in [2.45, 2.75) is 50.7 Å². The molecule has 1 aliphatic heterocycles. The van der Waals surface area contributed by atoms with Crippen LogP contribution in [0, 0.1) is 11.3 Å². The first-order chi connectivity index (χ1) is 17.2. The zero-order chi connectivity index (χ0) is 26.1. The van der Waals surface area contributed by atoms with Gasteiger partial charge in [-0.15, -0.1) is 0 Å². The van der Waals surface area contributed by atoms with Gasteiger partial charge in [0.2, 0.25) is 11.8 Å². The lowest BCUT2D eigenvalue weighted by molar-refractivity contribution is -0.146. The second-order valence-corrected chi connectivity index (χ2v) is 9.30. The van der Waals surface area contributed by atoms with Crippen molar-refractivity contribution in [3.8, 4) is 0 Å². The van der Waals surface area contributed by atoms with E-state index in [0.29, 0.717) is 32.5 Å². The van der Waals surface area contributed by atoms with Crippen molar-refractivity contribution in [1.82, 2.24) is 25.8 Å². The molecule has 1 aliphatic carbocycles. The van der Waals surface area contributed by atoms with Crippen LogP contribution >= 0.6 is 0 Å². The zero-order valence-corrected chi connectivity index (χ0v) is 20.2. The number of guanidine groups is 1. The van der Waals surface area contributed by atoms with E-state index in [1.807, 2.05) is 30.3 Å². The number of piperidine rings is 1. The highest BCUT2D eigenvalue weighted by Gasteiger charge is 2.38. The van der Waals surface area contributed by atoms with Gasteiger partial charge in [-0.25, -0.2) is 4.79 Å². The SMILES string of the molecule is N=C(N)N1CCC[C@@H](CNC(=O)C[C@H](NC(=O)NCc2ccccc2)C(=O)N(CC(=O)O)C2CC2)C1. The van der Waals surface area contributed by atoms with Crippen molar-refractivity contribution in [1.29, 1.82) is 5.41 Å². The van der Waals surface area contributed by atoms with Gasteiger partial charge in [0.15, 0.2) is 5.96 Å². The van der Waals surface area contributed by atoms with E-state index < -0.39 is 36.4 Å². The molecule has 3 rings (SSSR count). The third kappa shape index (κ3) is 8.43. The van der Waals surface area contributed by atoms with Crippen LogP contribution in [0.15, 0.2) is 30.3 Å². The molecule has 4 amide bonds. The molecule has 7 N–H and O–H groups in total. The third-order valence-electron chi connectivity index (χ3n) is 6.31. The van der Waals surface area contributed by atoms with Crippen molar-refractivity contribution in [3.05, 3.63) is 35.9 Å². The number of carboxylic acids is 1. The molecule has 2 aliphatic rings. The first-order valence-corrected chi connectivity index (χ1v) is 12.2. The molecule has 1 saturated heterocycles. The Balaban J connectivity index is 1.60. The van der Waals surface area contributed by atoms with Crippen LogP contribution in [0.25, 0.3) is 0 Å². The molecule has 36 heavy (non-hydrogen) atoms. The summed E-state index contributed by atoms with van der Waals surface area (Å²) < 4.78 is 0. The van der Waals surface area contributed by atoms with E-state index >= 15 is 0 Å². The smallest absolute Gasteiger partial charge is 0.323 e. The molecule has 1 aromatic rings. The summed E-state index contributed by atoms with van der Waals surface area (Å²) in [7, 11) is 0. The number of nitrogens with zero attached hydrogens (tertiary/aromatic N) is 2. The fourth-order valence-corrected chi connectivity index (χ4v) is 4.27. The van der Waals surface area contributed by atoms with Crippen molar-refractivity contribution >= 4 is 29.8 Å². The second-order valence-electron chi connectivity index (χ2n) is 9.30. The van der Waals surface area contributed by atoms with Gasteiger partial charge in [0.25, 0.3) is 0 Å². The van der Waals surface area contributed by atoms with Crippen LogP contribution in [0.2, 0.25) is 0 Å². The number of aliphatic carboxylic acids is 1. The lowest BCUT2D eigenvalue weighted by Gasteiger charge is -2.33. The summed E-state index contributed by atoms with van der Waals surface area (Å²) in [5, 5.41) is 24.9. The average molecular weight is 502 g/mol. The molecular weight excluding hydrogens is 466 g/mol. The van der Waals surface area contributed by atoms with E-state index in [0.717, 1.165) is 18.4 Å². The van der Waals surface area contributed by atoms with E-state index in [2.05, 4.69) is 16.0 Å². The van der Waals surface area contributed by atoms with Gasteiger partial charge in [0.1, 0.15) is 12.6 Å². The lowest BCUT2D eigenvalue weighted by atomic mass is 9.98. The molecule has 12 heteroatoms. The monoisotopic (exact) mass is 501 g/mol. The summed E-state index contributed by atoms with van der Waals surface area (Å²) in [4.78, 5) is 52.9. The number of hydrogen-bond donors (Lipinski definition) is 6. The molecule has 0 unspecified atom stereocenters. The number of hydrogen-bond acceptors (Lipinski definition) is 5. The van der Waals surface area contributed by atoms with Gasteiger partial charge in [-0.3, -0.25) is 19.8 Å². The number of carbonyl (C=O) groups is 4. The summed E-state index contributed by atoms with van der Waals surface area (Å²) in [5.41, 5.74) is 6.44. The Morgan fingerprint density at radius 2 is 1.86 bits per heavy atom. The number of carboxylic acid groups (broad SMARTS) is 1. The van der Waals surface area contributed by atoms with Crippen LogP contribution in [0.5, 0.6) is 0 Å². The van der Waals surface area contributed by atoms with Crippen LogP contribution < -0.4 is 21.7 Å². The highest BCUT2D eigenvalue weighted by atomic mass is 16.4. The topological polar surface area (TPSA) is 181 Å². The van der Waals surface area contributed by atoms with Gasteiger partial charge in [-0.05, 0) is 37.2 Å². The summed E-state index contributed by atoms with van der Waals surface area (Å²) in [5.74, 6) is -2.06. The fourth-order valence-electron chi connectivity index (χ4n) is 4.27. The minimum atomic E-state index is -1.21. The van der Waals surface area contributed by atoms with Crippen molar-refractivity contribution < 1.29 is 24.3 Å². The first kappa shape index (κ1) is 26.8. The molecule has 1 heterocycles. The largest absolute Gasteiger partial charge is 0.480 e. The minimum Gasteiger partial charge on any atom is -0.480 e. The molecule has 1 aromatic carbocycles. The highest BCUT2D eigenvalue weighted by Crippen LogP contribution is 2.27. The number of likely N-dealkylation sites (tertiary alicyclic amines) is 1. The van der Waals surface area contributed by atoms with Gasteiger partial charge in [-0.2, -0.15) is 0 Å². The third-order valence-corrected chi connectivity index (χ3v) is 6.31. The maximum absolute atomic E-state index is 13.2. The number of amides is 4. The van der Waals surface area contributed by atoms with Crippen LogP contribution in [0.4, 0.5) is 4.79 Å². The Hall–Kier alpha value is -3.83. The van der Waals surface area contributed by atoms with E-state index in [9.17, 15) is 24.3 Å². The van der Waals surface area contributed by atoms with Crippen LogP contribution in [-0.2, 0) is 20.9 Å². The van der Waals surface area contributed by atoms with E-state index in [1.54, 1.807) is 4.90 Å². The Kier molecular flexibility index (Phi) is 9.48. The fraction of sp³-hybridized carbons (Fsp3) is 0.542. The summed E-state index contributed by atoms with van der Waals surface area (Å²) in [6.45, 7) is 1.36. The van der Waals surface area contributed by atoms with Gasteiger partial charge in [0, 0.05) is 32.2 Å². The molecule has 0 aromatic heterocycles. The van der Waals surface area contributed by atoms with Crippen molar-refractivity contribution in [3.63, 3.8) is 0 Å². The summed E-state index contributed by atoms with van der Waals surface area (Å²) in [6.07, 6.45) is 2.79. The molecule has 0 spiro atoms. The lowest BCUT2D eigenvalue weighted by Crippen LogP contribution is -2.54. The Bertz CT molecular complexity index is 953. The number of carbonyl (C=O) groups excluding carboxylic acids is 3. The Labute approximate surface area is 210 Å². The average Bonchev–Trinajstić information content (AvgIpc) is 3.70. The maximum atomic E-state index is 13.2. The summed E-state index contributed by atoms with van der Waals surface area (Å²) in [6, 6.07) is 7.19. The quantitative estimate of drug-likeness (QED) is 0.183. The molecular formula is C24H35N7O5. The van der Waals surface area contributed by atoms with Gasteiger partial charge in [-0.1, -0.05) is 30.3 Å². The predicted molar refractivity (Wildman–Crippen MR) is 132 cm³/mol. The standard InChI is InChI=1S/C24H35N7O5/c25-23(26)30-10-4-7-17(14-30)13-27-20(32)11-19(22(35)31(15-21(33)34)18-8-9-18)29-24(36)28-12-16-5-2-1-3-6-16/h1-3,5-6,17-19H,4,7-15H2,(H3,25,26)(H,27,32)(H,33,34)(H2,28,29,36)/t17-,19-/m0/s1. The Morgan fingerprint density at radius 3 is 2.50 bits per heavy atom. The molecule has 2 atom stereocenters. The van der Waals surface area contributed by atoms with Crippen LogP contribution in [0.1, 0.15) is 37.7 Å². The molecule has 2 fully saturated rings. The zero-order valence-electron chi connectivity index (χ0n) is 20.2. The van der Waals surface area contributed by atoms with Crippen molar-refractivity contribution in [2.24, 2.45) is 11.7 Å². The van der Waals surface area contributed by atoms with Gasteiger partial charge >= 0.3 is 12.0 Å². The minimum absolute atomic E-state index is 0.000926. The molecule has 196 valence electrons. The Morgan fingerprint density at radius 1 is 1.14 bits per heavy atom. The number of benzene rings is 1.